The van der Waals surface area contributed by atoms with Crippen molar-refractivity contribution in [3.63, 3.8) is 0 Å². The number of hydrogen-bond acceptors (Lipinski definition) is 5. The first-order chi connectivity index (χ1) is 13.4. The molecule has 1 aromatic rings. The van der Waals surface area contributed by atoms with E-state index in [1.54, 1.807) is 13.1 Å². The Bertz CT molecular complexity index is 667. The van der Waals surface area contributed by atoms with E-state index in [4.69, 9.17) is 5.11 Å². The molecule has 1 aromatic heterocycles. The topological polar surface area (TPSA) is 82.5 Å². The quantitative estimate of drug-likeness (QED) is 0.592. The molecule has 0 aliphatic heterocycles. The number of amides is 2. The molecule has 2 fully saturated rings. The average Bonchev–Trinajstić information content (AvgIpc) is 3.11. The molecule has 0 aromatic carbocycles. The van der Waals surface area contributed by atoms with E-state index in [1.807, 2.05) is 0 Å². The average molecular weight is 426 g/mol. The van der Waals surface area contributed by atoms with Gasteiger partial charge in [-0.15, -0.1) is 0 Å². The molecule has 0 spiro atoms. The van der Waals surface area contributed by atoms with Crippen molar-refractivity contribution in [3.05, 3.63) is 6.20 Å². The van der Waals surface area contributed by atoms with Gasteiger partial charge in [-0.2, -0.15) is 0 Å². The van der Waals surface area contributed by atoms with Gasteiger partial charge in [0.25, 0.3) is 0 Å². The number of thiazole rings is 1. The van der Waals surface area contributed by atoms with Crippen LogP contribution in [-0.4, -0.2) is 44.3 Å². The first-order valence-corrected chi connectivity index (χ1v) is 12.1. The van der Waals surface area contributed by atoms with Gasteiger partial charge < -0.3 is 10.0 Å². The van der Waals surface area contributed by atoms with Crippen LogP contribution in [-0.2, 0) is 4.79 Å². The van der Waals surface area contributed by atoms with Crippen LogP contribution in [0.25, 0.3) is 0 Å². The molecule has 2 aliphatic rings. The van der Waals surface area contributed by atoms with Crippen molar-refractivity contribution in [1.82, 2.24) is 9.88 Å². The van der Waals surface area contributed by atoms with Crippen LogP contribution >= 0.6 is 23.1 Å². The van der Waals surface area contributed by atoms with Crippen molar-refractivity contribution < 1.29 is 14.7 Å². The Balaban J connectivity index is 1.67. The third-order valence-corrected chi connectivity index (χ3v) is 8.06. The van der Waals surface area contributed by atoms with Crippen LogP contribution in [0, 0.1) is 5.92 Å². The summed E-state index contributed by atoms with van der Waals surface area (Å²) in [4.78, 5) is 30.7. The highest BCUT2D eigenvalue weighted by Gasteiger charge is 2.34. The highest BCUT2D eigenvalue weighted by atomic mass is 32.2. The number of carbonyl (C=O) groups excluding carboxylic acids is 1. The predicted molar refractivity (Wildman–Crippen MR) is 114 cm³/mol. The summed E-state index contributed by atoms with van der Waals surface area (Å²) in [5, 5.41) is 12.1. The summed E-state index contributed by atoms with van der Waals surface area (Å²) in [6.07, 6.45) is 12.0. The first kappa shape index (κ1) is 21.4. The van der Waals surface area contributed by atoms with E-state index in [-0.39, 0.29) is 6.03 Å². The Morgan fingerprint density at radius 3 is 2.46 bits per heavy atom. The second kappa shape index (κ2) is 9.96. The summed E-state index contributed by atoms with van der Waals surface area (Å²) >= 11 is 2.60. The number of carbonyl (C=O) groups is 2. The number of thioether (sulfide) groups is 1. The molecule has 28 heavy (non-hydrogen) atoms. The van der Waals surface area contributed by atoms with Crippen LogP contribution in [0.4, 0.5) is 9.93 Å². The van der Waals surface area contributed by atoms with Gasteiger partial charge in [0.05, 0.1) is 10.4 Å². The molecule has 2 N–H and O–H groups in total. The van der Waals surface area contributed by atoms with Gasteiger partial charge in [0, 0.05) is 12.1 Å². The lowest BCUT2D eigenvalue weighted by Gasteiger charge is -2.42. The number of rotatable bonds is 6. The first-order valence-electron chi connectivity index (χ1n) is 10.4. The minimum atomic E-state index is -0.848. The van der Waals surface area contributed by atoms with E-state index in [0.717, 1.165) is 35.8 Å². The SMILES string of the molecule is CC(Sc1cnc(NC(=O)N(C2CCCCC2)[C@H]2CC[C@H](C)CC2)s1)C(=O)O. The molecule has 2 aliphatic carbocycles. The monoisotopic (exact) mass is 425 g/mol. The van der Waals surface area contributed by atoms with Crippen molar-refractivity contribution in [3.8, 4) is 0 Å². The van der Waals surface area contributed by atoms with E-state index in [1.165, 1.54) is 55.2 Å². The molecule has 1 heterocycles. The molecule has 2 amide bonds. The van der Waals surface area contributed by atoms with Crippen LogP contribution in [0.1, 0.15) is 71.6 Å². The Hall–Kier alpha value is -1.28. The Morgan fingerprint density at radius 2 is 1.82 bits per heavy atom. The minimum Gasteiger partial charge on any atom is -0.480 e. The van der Waals surface area contributed by atoms with Crippen LogP contribution < -0.4 is 5.32 Å². The predicted octanol–water partition coefficient (Wildman–Crippen LogP) is 5.45. The zero-order valence-electron chi connectivity index (χ0n) is 16.7. The Labute approximate surface area is 175 Å². The van der Waals surface area contributed by atoms with Crippen molar-refractivity contribution in [2.24, 2.45) is 5.92 Å². The van der Waals surface area contributed by atoms with Gasteiger partial charge in [0.15, 0.2) is 5.13 Å². The molecule has 3 rings (SSSR count). The maximum absolute atomic E-state index is 13.2. The summed E-state index contributed by atoms with van der Waals surface area (Å²) in [5.41, 5.74) is 0. The number of aromatic nitrogens is 1. The summed E-state index contributed by atoms with van der Waals surface area (Å²) in [6.45, 7) is 3.95. The molecule has 0 saturated heterocycles. The number of aliphatic carboxylic acids is 1. The summed E-state index contributed by atoms with van der Waals surface area (Å²) in [6, 6.07) is 0.608. The second-order valence-electron chi connectivity index (χ2n) is 8.13. The number of nitrogens with zero attached hydrogens (tertiary/aromatic N) is 2. The van der Waals surface area contributed by atoms with Crippen LogP contribution in [0.3, 0.4) is 0 Å². The molecule has 8 heteroatoms. The molecular weight excluding hydrogens is 394 g/mol. The molecule has 2 saturated carbocycles. The zero-order chi connectivity index (χ0) is 20.1. The lowest BCUT2D eigenvalue weighted by atomic mass is 9.84. The van der Waals surface area contributed by atoms with Crippen LogP contribution in [0.2, 0.25) is 0 Å². The third kappa shape index (κ3) is 5.63. The van der Waals surface area contributed by atoms with Crippen molar-refractivity contribution in [2.75, 3.05) is 5.32 Å². The zero-order valence-corrected chi connectivity index (χ0v) is 18.4. The van der Waals surface area contributed by atoms with Gasteiger partial charge in [0.1, 0.15) is 5.25 Å². The lowest BCUT2D eigenvalue weighted by Crippen LogP contribution is -2.51. The molecule has 156 valence electrons. The van der Waals surface area contributed by atoms with Crippen molar-refractivity contribution in [1.29, 1.82) is 0 Å². The van der Waals surface area contributed by atoms with Crippen molar-refractivity contribution in [2.45, 2.75) is 93.2 Å². The van der Waals surface area contributed by atoms with E-state index >= 15 is 0 Å². The van der Waals surface area contributed by atoms with E-state index in [0.29, 0.717) is 17.2 Å². The number of hydrogen-bond donors (Lipinski definition) is 2. The van der Waals surface area contributed by atoms with Gasteiger partial charge in [-0.1, -0.05) is 49.3 Å². The van der Waals surface area contributed by atoms with Gasteiger partial charge in [-0.05, 0) is 51.4 Å². The number of carboxylic acid groups (broad SMARTS) is 1. The Morgan fingerprint density at radius 1 is 1.18 bits per heavy atom. The van der Waals surface area contributed by atoms with E-state index in [2.05, 4.69) is 22.1 Å². The molecule has 1 unspecified atom stereocenters. The molecule has 0 radical (unpaired) electrons. The van der Waals surface area contributed by atoms with E-state index in [9.17, 15) is 9.59 Å². The summed E-state index contributed by atoms with van der Waals surface area (Å²) in [7, 11) is 0. The molecule has 1 atom stereocenters. The summed E-state index contributed by atoms with van der Waals surface area (Å²) < 4.78 is 0.806. The van der Waals surface area contributed by atoms with Crippen LogP contribution in [0.5, 0.6) is 0 Å². The molecular formula is C20H31N3O3S2. The van der Waals surface area contributed by atoms with Crippen LogP contribution in [0.15, 0.2) is 10.4 Å². The van der Waals surface area contributed by atoms with Gasteiger partial charge in [-0.3, -0.25) is 10.1 Å². The maximum atomic E-state index is 13.2. The molecule has 6 nitrogen and oxygen atoms in total. The normalized spacial score (nSPS) is 24.5. The third-order valence-electron chi connectivity index (χ3n) is 5.92. The minimum absolute atomic E-state index is 0.0383. The second-order valence-corrected chi connectivity index (χ2v) is 10.8. The fourth-order valence-electron chi connectivity index (χ4n) is 4.26. The standard InChI is InChI=1S/C20H31N3O3S2/c1-13-8-10-16(11-9-13)23(15-6-4-3-5-7-15)20(26)22-19-21-12-17(28-19)27-14(2)18(24)25/h12-16H,3-11H2,1-2H3,(H,24,25)(H,21,22,26)/t13-,14?,16-. The summed E-state index contributed by atoms with van der Waals surface area (Å²) in [5.74, 6) is -0.0960. The Kier molecular flexibility index (Phi) is 7.62. The highest BCUT2D eigenvalue weighted by molar-refractivity contribution is 8.02. The van der Waals surface area contributed by atoms with Gasteiger partial charge in [-0.25, -0.2) is 9.78 Å². The number of carboxylic acids is 1. The number of urea groups is 1. The fourth-order valence-corrected chi connectivity index (χ4v) is 6.23. The van der Waals surface area contributed by atoms with E-state index < -0.39 is 11.2 Å². The fraction of sp³-hybridized carbons (Fsp3) is 0.750. The van der Waals surface area contributed by atoms with Gasteiger partial charge >= 0.3 is 12.0 Å². The number of anilines is 1. The smallest absolute Gasteiger partial charge is 0.324 e. The van der Waals surface area contributed by atoms with Gasteiger partial charge in [0.2, 0.25) is 0 Å². The maximum Gasteiger partial charge on any atom is 0.324 e. The lowest BCUT2D eigenvalue weighted by molar-refractivity contribution is -0.136. The highest BCUT2D eigenvalue weighted by Crippen LogP contribution is 2.34. The largest absolute Gasteiger partial charge is 0.480 e. The van der Waals surface area contributed by atoms with Crippen molar-refractivity contribution >= 4 is 40.2 Å². The molecule has 0 bridgehead atoms. The number of nitrogens with one attached hydrogen (secondary N) is 1.